The van der Waals surface area contributed by atoms with Crippen molar-refractivity contribution in [1.29, 1.82) is 5.26 Å². The Kier molecular flexibility index (Phi) is 7.35. The van der Waals surface area contributed by atoms with Gasteiger partial charge in [-0.15, -0.1) is 10.2 Å². The molecule has 0 spiro atoms. The first-order valence-electron chi connectivity index (χ1n) is 9.62. The molecule has 0 unspecified atom stereocenters. The topological polar surface area (TPSA) is 120 Å². The molecular weight excluding hydrogens is 418 g/mol. The van der Waals surface area contributed by atoms with Crippen LogP contribution >= 0.6 is 11.6 Å². The van der Waals surface area contributed by atoms with E-state index in [2.05, 4.69) is 21.6 Å². The van der Waals surface area contributed by atoms with Gasteiger partial charge < -0.3 is 15.0 Å². The Balaban J connectivity index is 1.65. The average molecular weight is 438 g/mol. The molecule has 0 atom stereocenters. The minimum atomic E-state index is -0.648. The largest absolute Gasteiger partial charge is 0.493 e. The number of nitrogens with one attached hydrogen (secondary N) is 1. The zero-order valence-corrected chi connectivity index (χ0v) is 17.3. The standard InChI is InChI=1S/C22H20ClN5O3/c23-16-9-7-15(8-10-16)13-19(29)25-14-20(30)26-27-21-17-5-1-2-6-18(17)28(22(21)31)12-4-3-11-24/h1-2,5-10,31H,3-4,12-14H2,(H,25,29). The van der Waals surface area contributed by atoms with Crippen LogP contribution in [0.4, 0.5) is 5.69 Å². The van der Waals surface area contributed by atoms with Crippen LogP contribution < -0.4 is 5.32 Å². The fraction of sp³-hybridized carbons (Fsp3) is 0.227. The Hall–Kier alpha value is -3.70. The highest BCUT2D eigenvalue weighted by Gasteiger charge is 2.16. The number of halogens is 1. The number of unbranched alkanes of at least 4 members (excludes halogenated alkanes) is 1. The molecule has 0 saturated heterocycles. The second kappa shape index (κ2) is 10.4. The van der Waals surface area contributed by atoms with E-state index >= 15 is 0 Å². The number of aromatic nitrogens is 1. The number of fused-ring (bicyclic) bond motifs is 1. The molecule has 8 nitrogen and oxygen atoms in total. The second-order valence-corrected chi connectivity index (χ2v) is 7.21. The number of hydrogen-bond acceptors (Lipinski definition) is 5. The number of aryl methyl sites for hydroxylation is 1. The highest BCUT2D eigenvalue weighted by Crippen LogP contribution is 2.38. The average Bonchev–Trinajstić information content (AvgIpc) is 3.03. The summed E-state index contributed by atoms with van der Waals surface area (Å²) in [4.78, 5) is 24.1. The third-order valence-corrected chi connectivity index (χ3v) is 4.82. The molecule has 3 aromatic rings. The summed E-state index contributed by atoms with van der Waals surface area (Å²) < 4.78 is 1.64. The second-order valence-electron chi connectivity index (χ2n) is 6.78. The lowest BCUT2D eigenvalue weighted by Gasteiger charge is -2.04. The summed E-state index contributed by atoms with van der Waals surface area (Å²) in [6, 6.07) is 16.1. The van der Waals surface area contributed by atoms with Crippen molar-refractivity contribution < 1.29 is 14.7 Å². The minimum Gasteiger partial charge on any atom is -0.493 e. The van der Waals surface area contributed by atoms with Gasteiger partial charge in [-0.2, -0.15) is 5.26 Å². The normalized spacial score (nSPS) is 11.0. The number of nitrogens with zero attached hydrogens (tertiary/aromatic N) is 4. The summed E-state index contributed by atoms with van der Waals surface area (Å²) in [5.41, 5.74) is 1.68. The van der Waals surface area contributed by atoms with E-state index < -0.39 is 5.91 Å². The molecule has 31 heavy (non-hydrogen) atoms. The van der Waals surface area contributed by atoms with Gasteiger partial charge in [-0.3, -0.25) is 9.59 Å². The van der Waals surface area contributed by atoms with E-state index in [-0.39, 0.29) is 30.4 Å². The first-order chi connectivity index (χ1) is 15.0. The van der Waals surface area contributed by atoms with E-state index in [4.69, 9.17) is 16.9 Å². The van der Waals surface area contributed by atoms with E-state index in [1.165, 1.54) is 0 Å². The summed E-state index contributed by atoms with van der Waals surface area (Å²) in [5.74, 6) is -1.10. The number of rotatable bonds is 8. The van der Waals surface area contributed by atoms with Crippen LogP contribution in [0.3, 0.4) is 0 Å². The first-order valence-corrected chi connectivity index (χ1v) is 10.00. The number of carbonyl (C=O) groups excluding carboxylic acids is 2. The van der Waals surface area contributed by atoms with Crippen LogP contribution in [0, 0.1) is 11.3 Å². The summed E-state index contributed by atoms with van der Waals surface area (Å²) in [5, 5.41) is 30.6. The van der Waals surface area contributed by atoms with Crippen LogP contribution in [0.5, 0.6) is 5.88 Å². The Morgan fingerprint density at radius 1 is 1.16 bits per heavy atom. The molecule has 2 aromatic carbocycles. The highest BCUT2D eigenvalue weighted by atomic mass is 35.5. The Bertz CT molecular complexity index is 1160. The third kappa shape index (κ3) is 5.68. The fourth-order valence-electron chi connectivity index (χ4n) is 3.08. The lowest BCUT2D eigenvalue weighted by Crippen LogP contribution is -2.29. The van der Waals surface area contributed by atoms with Gasteiger partial charge in [0, 0.05) is 23.4 Å². The van der Waals surface area contributed by atoms with Crippen molar-refractivity contribution >= 4 is 40.0 Å². The number of amides is 2. The zero-order valence-electron chi connectivity index (χ0n) is 16.6. The quantitative estimate of drug-likeness (QED) is 0.403. The van der Waals surface area contributed by atoms with Crippen LogP contribution in [0.15, 0.2) is 58.8 Å². The van der Waals surface area contributed by atoms with E-state index in [9.17, 15) is 14.7 Å². The fourth-order valence-corrected chi connectivity index (χ4v) is 3.20. The maximum Gasteiger partial charge on any atom is 0.283 e. The number of nitriles is 1. The molecule has 3 rings (SSSR count). The smallest absolute Gasteiger partial charge is 0.283 e. The van der Waals surface area contributed by atoms with Gasteiger partial charge in [-0.25, -0.2) is 0 Å². The van der Waals surface area contributed by atoms with Crippen LogP contribution in [-0.4, -0.2) is 28.0 Å². The molecule has 0 radical (unpaired) electrons. The zero-order chi connectivity index (χ0) is 22.2. The van der Waals surface area contributed by atoms with E-state index in [0.717, 1.165) is 11.1 Å². The monoisotopic (exact) mass is 437 g/mol. The Morgan fingerprint density at radius 3 is 2.65 bits per heavy atom. The predicted molar refractivity (Wildman–Crippen MR) is 116 cm³/mol. The van der Waals surface area contributed by atoms with Crippen LogP contribution in [0.25, 0.3) is 10.9 Å². The van der Waals surface area contributed by atoms with Crippen molar-refractivity contribution in [3.63, 3.8) is 0 Å². The van der Waals surface area contributed by atoms with Crippen molar-refractivity contribution in [3.8, 4) is 11.9 Å². The van der Waals surface area contributed by atoms with Gasteiger partial charge in [-0.05, 0) is 30.2 Å². The molecule has 0 aliphatic carbocycles. The van der Waals surface area contributed by atoms with Gasteiger partial charge in [-0.1, -0.05) is 41.9 Å². The van der Waals surface area contributed by atoms with Crippen LogP contribution in [-0.2, 0) is 22.6 Å². The molecule has 1 aromatic heterocycles. The molecule has 0 aliphatic heterocycles. The summed E-state index contributed by atoms with van der Waals surface area (Å²) in [6.07, 6.45) is 1.04. The lowest BCUT2D eigenvalue weighted by atomic mass is 10.1. The molecular formula is C22H20ClN5O3. The molecule has 1 heterocycles. The Morgan fingerprint density at radius 2 is 1.90 bits per heavy atom. The summed E-state index contributed by atoms with van der Waals surface area (Å²) in [7, 11) is 0. The van der Waals surface area contributed by atoms with Gasteiger partial charge in [0.05, 0.1) is 18.0 Å². The SMILES string of the molecule is N#CCCCn1c(O)c(N=NC(=O)CNC(=O)Cc2ccc(Cl)cc2)c2ccccc21. The van der Waals surface area contributed by atoms with Gasteiger partial charge in [0.1, 0.15) is 6.54 Å². The van der Waals surface area contributed by atoms with Gasteiger partial charge in [0.2, 0.25) is 11.8 Å². The van der Waals surface area contributed by atoms with Crippen molar-refractivity contribution in [2.24, 2.45) is 10.2 Å². The molecule has 2 amide bonds. The molecule has 0 saturated carbocycles. The Labute approximate surface area is 183 Å². The summed E-state index contributed by atoms with van der Waals surface area (Å²) >= 11 is 5.82. The van der Waals surface area contributed by atoms with E-state index in [0.29, 0.717) is 29.8 Å². The van der Waals surface area contributed by atoms with Crippen LogP contribution in [0.1, 0.15) is 18.4 Å². The highest BCUT2D eigenvalue weighted by molar-refractivity contribution is 6.30. The maximum atomic E-state index is 12.1. The van der Waals surface area contributed by atoms with Gasteiger partial charge in [0.15, 0.2) is 5.69 Å². The first kappa shape index (κ1) is 22.0. The molecule has 0 fully saturated rings. The predicted octanol–water partition coefficient (Wildman–Crippen LogP) is 4.27. The number of benzene rings is 2. The number of azo groups is 1. The maximum absolute atomic E-state index is 12.1. The van der Waals surface area contributed by atoms with Crippen molar-refractivity contribution in [2.45, 2.75) is 25.8 Å². The summed E-state index contributed by atoms with van der Waals surface area (Å²) in [6.45, 7) is 0.127. The molecule has 0 bridgehead atoms. The van der Waals surface area contributed by atoms with Crippen molar-refractivity contribution in [3.05, 3.63) is 59.1 Å². The van der Waals surface area contributed by atoms with Crippen molar-refractivity contribution in [2.75, 3.05) is 6.54 Å². The number of para-hydroxylation sites is 1. The number of hydrogen-bond donors (Lipinski definition) is 2. The van der Waals surface area contributed by atoms with Gasteiger partial charge >= 0.3 is 0 Å². The number of carbonyl (C=O) groups is 2. The van der Waals surface area contributed by atoms with E-state index in [1.54, 1.807) is 41.0 Å². The molecule has 158 valence electrons. The molecule has 0 aliphatic rings. The van der Waals surface area contributed by atoms with Gasteiger partial charge in [0.25, 0.3) is 5.91 Å². The molecule has 9 heteroatoms. The third-order valence-electron chi connectivity index (χ3n) is 4.56. The lowest BCUT2D eigenvalue weighted by molar-refractivity contribution is -0.124. The van der Waals surface area contributed by atoms with E-state index in [1.807, 2.05) is 12.1 Å². The van der Waals surface area contributed by atoms with Crippen LogP contribution in [0.2, 0.25) is 5.02 Å². The minimum absolute atomic E-state index is 0.110. The number of aromatic hydroxyl groups is 1. The molecule has 2 N–H and O–H groups in total. The van der Waals surface area contributed by atoms with Crippen molar-refractivity contribution in [1.82, 2.24) is 9.88 Å².